The number of hydrogen-bond donors (Lipinski definition) is 0. The molecule has 2 aromatic heterocycles. The minimum Gasteiger partial charge on any atom is -0.327 e. The fraction of sp³-hybridized carbons (Fsp3) is 0.357. The summed E-state index contributed by atoms with van der Waals surface area (Å²) in [7, 11) is 1.86. The summed E-state index contributed by atoms with van der Waals surface area (Å²) in [6.45, 7) is 0.757. The van der Waals surface area contributed by atoms with Gasteiger partial charge in [-0.05, 0) is 12.1 Å². The molecule has 7 heteroatoms. The molecular weight excluding hydrogens is 309 g/mol. The molecule has 0 aliphatic heterocycles. The fourth-order valence-corrected chi connectivity index (χ4v) is 2.78. The number of nitrogens with zero attached hydrogens (tertiary/aromatic N) is 5. The third-order valence-corrected chi connectivity index (χ3v) is 3.83. The van der Waals surface area contributed by atoms with E-state index in [0.717, 1.165) is 35.6 Å². The van der Waals surface area contributed by atoms with Crippen LogP contribution < -0.4 is 0 Å². The number of imidazole rings is 1. The molecule has 3 rings (SSSR count). The normalized spacial score (nSPS) is 11.4. The van der Waals surface area contributed by atoms with Gasteiger partial charge in [0.1, 0.15) is 17.7 Å². The van der Waals surface area contributed by atoms with Crippen LogP contribution in [-0.2, 0) is 26.4 Å². The fourth-order valence-electron chi connectivity index (χ4n) is 2.40. The number of alkyl halides is 1. The minimum atomic E-state index is 0.531. The molecule has 0 N–H and O–H groups in total. The van der Waals surface area contributed by atoms with Crippen LogP contribution in [-0.4, -0.2) is 30.2 Å². The lowest BCUT2D eigenvalue weighted by Crippen LogP contribution is -2.08. The first-order valence-electron chi connectivity index (χ1n) is 6.73. The average Bonchev–Trinajstić information content (AvgIpc) is 3.02. The topological polar surface area (TPSA) is 48.5 Å². The second-order valence-corrected chi connectivity index (χ2v) is 5.60. The van der Waals surface area contributed by atoms with Gasteiger partial charge in [0, 0.05) is 32.3 Å². The van der Waals surface area contributed by atoms with Gasteiger partial charge in [-0.3, -0.25) is 4.68 Å². The monoisotopic (exact) mass is 323 g/mol. The summed E-state index contributed by atoms with van der Waals surface area (Å²) in [5, 5.41) is 4.97. The van der Waals surface area contributed by atoms with E-state index in [1.54, 1.807) is 11.0 Å². The Labute approximate surface area is 132 Å². The first kappa shape index (κ1) is 14.4. The number of rotatable bonds is 5. The van der Waals surface area contributed by atoms with Gasteiger partial charge in [-0.15, -0.1) is 11.6 Å². The number of aryl methyl sites for hydroxylation is 4. The number of para-hydroxylation sites is 1. The number of fused-ring (bicyclic) bond motifs is 1. The van der Waals surface area contributed by atoms with E-state index < -0.39 is 0 Å². The summed E-state index contributed by atoms with van der Waals surface area (Å²) in [4.78, 5) is 8.87. The molecular formula is C14H15Cl2N5. The largest absolute Gasteiger partial charge is 0.327 e. The van der Waals surface area contributed by atoms with Crippen LogP contribution >= 0.6 is 23.2 Å². The molecule has 21 heavy (non-hydrogen) atoms. The van der Waals surface area contributed by atoms with Crippen LogP contribution in [0.1, 0.15) is 11.6 Å². The molecule has 0 unspecified atom stereocenters. The molecule has 0 saturated heterocycles. The molecule has 0 aliphatic rings. The molecule has 0 atom stereocenters. The zero-order valence-electron chi connectivity index (χ0n) is 11.6. The van der Waals surface area contributed by atoms with E-state index in [9.17, 15) is 0 Å². The molecule has 0 amide bonds. The summed E-state index contributed by atoms with van der Waals surface area (Å²) in [5.41, 5.74) is 1.85. The predicted octanol–water partition coefficient (Wildman–Crippen LogP) is 2.84. The zero-order chi connectivity index (χ0) is 14.8. The van der Waals surface area contributed by atoms with E-state index in [0.29, 0.717) is 17.3 Å². The Hall–Kier alpha value is -1.59. The first-order valence-corrected chi connectivity index (χ1v) is 7.64. The van der Waals surface area contributed by atoms with Crippen molar-refractivity contribution >= 4 is 34.2 Å². The second-order valence-electron chi connectivity index (χ2n) is 4.81. The molecule has 1 aromatic carbocycles. The Bertz CT molecular complexity index is 762. The first-order chi connectivity index (χ1) is 10.2. The van der Waals surface area contributed by atoms with E-state index in [1.807, 2.05) is 25.2 Å². The maximum atomic E-state index is 6.23. The summed E-state index contributed by atoms with van der Waals surface area (Å²) in [5.74, 6) is 2.30. The van der Waals surface area contributed by atoms with Crippen LogP contribution in [0.3, 0.4) is 0 Å². The van der Waals surface area contributed by atoms with Crippen molar-refractivity contribution in [2.45, 2.75) is 19.4 Å². The third-order valence-electron chi connectivity index (χ3n) is 3.33. The summed E-state index contributed by atoms with van der Waals surface area (Å²) >= 11 is 12.1. The van der Waals surface area contributed by atoms with Crippen LogP contribution in [0.15, 0.2) is 24.5 Å². The van der Waals surface area contributed by atoms with E-state index in [1.165, 1.54) is 0 Å². The van der Waals surface area contributed by atoms with Gasteiger partial charge in [0.05, 0.1) is 10.5 Å². The van der Waals surface area contributed by atoms with Crippen molar-refractivity contribution in [3.63, 3.8) is 0 Å². The van der Waals surface area contributed by atoms with Crippen molar-refractivity contribution in [1.82, 2.24) is 24.3 Å². The van der Waals surface area contributed by atoms with Crippen molar-refractivity contribution in [3.05, 3.63) is 41.2 Å². The Balaban J connectivity index is 1.95. The lowest BCUT2D eigenvalue weighted by Gasteiger charge is -2.07. The Morgan fingerprint density at radius 3 is 2.81 bits per heavy atom. The quantitative estimate of drug-likeness (QED) is 0.678. The molecule has 0 spiro atoms. The molecule has 3 aromatic rings. The van der Waals surface area contributed by atoms with E-state index in [2.05, 4.69) is 19.6 Å². The number of halogens is 2. The predicted molar refractivity (Wildman–Crippen MR) is 83.9 cm³/mol. The highest BCUT2D eigenvalue weighted by Crippen LogP contribution is 2.24. The van der Waals surface area contributed by atoms with E-state index in [4.69, 9.17) is 23.2 Å². The van der Waals surface area contributed by atoms with Crippen LogP contribution in [0.2, 0.25) is 5.02 Å². The van der Waals surface area contributed by atoms with Crippen LogP contribution in [0.4, 0.5) is 0 Å². The second kappa shape index (κ2) is 6.03. The molecule has 0 aliphatic carbocycles. The van der Waals surface area contributed by atoms with E-state index >= 15 is 0 Å². The zero-order valence-corrected chi connectivity index (χ0v) is 13.1. The molecule has 0 bridgehead atoms. The Morgan fingerprint density at radius 1 is 1.24 bits per heavy atom. The van der Waals surface area contributed by atoms with Crippen molar-refractivity contribution in [2.24, 2.45) is 7.05 Å². The number of hydrogen-bond acceptors (Lipinski definition) is 3. The molecule has 5 nitrogen and oxygen atoms in total. The van der Waals surface area contributed by atoms with Gasteiger partial charge >= 0.3 is 0 Å². The maximum Gasteiger partial charge on any atom is 0.152 e. The van der Waals surface area contributed by atoms with Gasteiger partial charge in [-0.25, -0.2) is 9.97 Å². The molecule has 0 saturated carbocycles. The lowest BCUT2D eigenvalue weighted by molar-refractivity contribution is 0.646. The van der Waals surface area contributed by atoms with Crippen LogP contribution in [0, 0.1) is 0 Å². The molecule has 0 radical (unpaired) electrons. The summed E-state index contributed by atoms with van der Waals surface area (Å²) < 4.78 is 3.86. The third kappa shape index (κ3) is 2.89. The molecule has 2 heterocycles. The Kier molecular flexibility index (Phi) is 4.12. The van der Waals surface area contributed by atoms with Crippen molar-refractivity contribution in [1.29, 1.82) is 0 Å². The molecule has 0 fully saturated rings. The van der Waals surface area contributed by atoms with Gasteiger partial charge in [0.2, 0.25) is 0 Å². The smallest absolute Gasteiger partial charge is 0.152 e. The van der Waals surface area contributed by atoms with Gasteiger partial charge in [0.25, 0.3) is 0 Å². The van der Waals surface area contributed by atoms with Crippen LogP contribution in [0.25, 0.3) is 11.0 Å². The highest BCUT2D eigenvalue weighted by molar-refractivity contribution is 6.34. The van der Waals surface area contributed by atoms with Crippen molar-refractivity contribution < 1.29 is 0 Å². The summed E-state index contributed by atoms with van der Waals surface area (Å²) in [6.07, 6.45) is 3.16. The van der Waals surface area contributed by atoms with Gasteiger partial charge in [-0.1, -0.05) is 17.7 Å². The summed E-state index contributed by atoms with van der Waals surface area (Å²) in [6, 6.07) is 5.82. The number of aromatic nitrogens is 5. The SMILES string of the molecule is Cn1cnc(CCn2c(CCCl)nc3c(Cl)cccc32)n1. The van der Waals surface area contributed by atoms with Gasteiger partial charge < -0.3 is 4.57 Å². The highest BCUT2D eigenvalue weighted by atomic mass is 35.5. The highest BCUT2D eigenvalue weighted by Gasteiger charge is 2.13. The standard InChI is InChI=1S/C14H15Cl2N5/c1-20-9-17-12(19-20)6-8-21-11-4-2-3-10(16)14(11)18-13(21)5-7-15/h2-4,9H,5-8H2,1H3. The van der Waals surface area contributed by atoms with Gasteiger partial charge in [0.15, 0.2) is 5.82 Å². The molecule has 110 valence electrons. The van der Waals surface area contributed by atoms with Crippen LogP contribution in [0.5, 0.6) is 0 Å². The Morgan fingerprint density at radius 2 is 2.10 bits per heavy atom. The van der Waals surface area contributed by atoms with Gasteiger partial charge in [-0.2, -0.15) is 5.10 Å². The van der Waals surface area contributed by atoms with Crippen molar-refractivity contribution in [3.8, 4) is 0 Å². The lowest BCUT2D eigenvalue weighted by atomic mass is 10.3. The van der Waals surface area contributed by atoms with E-state index in [-0.39, 0.29) is 0 Å². The maximum absolute atomic E-state index is 6.23. The van der Waals surface area contributed by atoms with Crippen molar-refractivity contribution in [2.75, 3.05) is 5.88 Å². The average molecular weight is 324 g/mol. The minimum absolute atomic E-state index is 0.531. The number of benzene rings is 1.